The maximum atomic E-state index is 11.8. The Hall–Kier alpha value is -1.97. The van der Waals surface area contributed by atoms with Crippen molar-refractivity contribution in [1.29, 1.82) is 5.26 Å². The summed E-state index contributed by atoms with van der Waals surface area (Å²) in [5.41, 5.74) is 3.76. The van der Waals surface area contributed by atoms with Crippen LogP contribution in [0.5, 0.6) is 5.88 Å². The van der Waals surface area contributed by atoms with Gasteiger partial charge in [-0.15, -0.1) is 0 Å². The van der Waals surface area contributed by atoms with Crippen LogP contribution in [0.1, 0.15) is 22.6 Å². The van der Waals surface area contributed by atoms with E-state index in [1.165, 1.54) is 13.3 Å². The summed E-state index contributed by atoms with van der Waals surface area (Å²) in [6.45, 7) is 1.62. The molecule has 0 aliphatic heterocycles. The van der Waals surface area contributed by atoms with Crippen LogP contribution in [0, 0.1) is 22.0 Å². The number of furan rings is 1. The molecule has 0 aliphatic rings. The number of hydrogen-bond donors (Lipinski definition) is 1. The summed E-state index contributed by atoms with van der Waals surface area (Å²) >= 11 is 5.41. The van der Waals surface area contributed by atoms with E-state index in [0.717, 1.165) is 0 Å². The van der Waals surface area contributed by atoms with Crippen molar-refractivity contribution in [3.05, 3.63) is 43.0 Å². The molecule has 0 atom stereocenters. The Morgan fingerprint density at radius 2 is 2.35 bits per heavy atom. The highest BCUT2D eigenvalue weighted by Crippen LogP contribution is 2.29. The first kappa shape index (κ1) is 20.3. The van der Waals surface area contributed by atoms with E-state index < -0.39 is 5.91 Å². The monoisotopic (exact) mass is 532 g/mol. The highest BCUT2D eigenvalue weighted by atomic mass is 127. The standard InChI is InChI=1S/C16H14BrIN4O4/c1-9-15(17)12(7-24-2)11(5-19)16(21-9)25-8-14(23)22-20-6-10-3-4-13(18)26-10/h3-4,6H,7-8H2,1-2H3,(H,22,23)/b20-6-. The van der Waals surface area contributed by atoms with Crippen molar-refractivity contribution in [3.8, 4) is 11.9 Å². The molecule has 2 aromatic rings. The fraction of sp³-hybridized carbons (Fsp3) is 0.250. The van der Waals surface area contributed by atoms with E-state index in [4.69, 9.17) is 13.9 Å². The molecule has 0 saturated heterocycles. The quantitative estimate of drug-likeness (QED) is 0.333. The van der Waals surface area contributed by atoms with Crippen LogP contribution in [-0.4, -0.2) is 30.8 Å². The van der Waals surface area contributed by atoms with Crippen LogP contribution in [0.4, 0.5) is 0 Å². The van der Waals surface area contributed by atoms with E-state index in [1.807, 2.05) is 28.7 Å². The molecular weight excluding hydrogens is 519 g/mol. The highest BCUT2D eigenvalue weighted by molar-refractivity contribution is 14.1. The molecule has 0 unspecified atom stereocenters. The molecule has 0 aromatic carbocycles. The number of aryl methyl sites for hydroxylation is 1. The zero-order valence-corrected chi connectivity index (χ0v) is 17.6. The van der Waals surface area contributed by atoms with E-state index in [1.54, 1.807) is 19.1 Å². The summed E-state index contributed by atoms with van der Waals surface area (Å²) in [4.78, 5) is 16.1. The van der Waals surface area contributed by atoms with Gasteiger partial charge < -0.3 is 13.9 Å². The molecule has 0 spiro atoms. The lowest BCUT2D eigenvalue weighted by molar-refractivity contribution is -0.123. The van der Waals surface area contributed by atoms with E-state index >= 15 is 0 Å². The number of ether oxygens (including phenoxy) is 2. The van der Waals surface area contributed by atoms with Crippen LogP contribution in [0.3, 0.4) is 0 Å². The average molecular weight is 533 g/mol. The van der Waals surface area contributed by atoms with Crippen LogP contribution in [0.2, 0.25) is 0 Å². The molecule has 136 valence electrons. The van der Waals surface area contributed by atoms with Crippen molar-refractivity contribution in [3.63, 3.8) is 0 Å². The molecule has 2 heterocycles. The van der Waals surface area contributed by atoms with Gasteiger partial charge in [0.05, 0.1) is 18.5 Å². The maximum absolute atomic E-state index is 11.8. The van der Waals surface area contributed by atoms with Gasteiger partial charge in [0.1, 0.15) is 17.4 Å². The smallest absolute Gasteiger partial charge is 0.278 e. The van der Waals surface area contributed by atoms with Crippen LogP contribution in [0.15, 0.2) is 26.1 Å². The predicted octanol–water partition coefficient (Wildman–Crippen LogP) is 2.90. The fourth-order valence-corrected chi connectivity index (χ4v) is 2.78. The number of nitriles is 1. The number of amides is 1. The molecule has 0 radical (unpaired) electrons. The third-order valence-corrected chi connectivity index (χ3v) is 4.72. The Bertz CT molecular complexity index is 876. The molecule has 2 rings (SSSR count). The zero-order valence-electron chi connectivity index (χ0n) is 13.9. The minimum absolute atomic E-state index is 0.0694. The van der Waals surface area contributed by atoms with Gasteiger partial charge in [0.25, 0.3) is 5.91 Å². The minimum atomic E-state index is -0.498. The first-order chi connectivity index (χ1) is 12.5. The largest absolute Gasteiger partial charge is 0.467 e. The number of carbonyl (C=O) groups is 1. The maximum Gasteiger partial charge on any atom is 0.278 e. The number of halogens is 2. The number of aromatic nitrogens is 1. The van der Waals surface area contributed by atoms with Gasteiger partial charge >= 0.3 is 0 Å². The van der Waals surface area contributed by atoms with Crippen molar-refractivity contribution < 1.29 is 18.7 Å². The molecule has 0 fully saturated rings. The second-order valence-corrected chi connectivity index (χ2v) is 6.79. The van der Waals surface area contributed by atoms with Crippen LogP contribution in [-0.2, 0) is 16.1 Å². The van der Waals surface area contributed by atoms with E-state index in [2.05, 4.69) is 31.4 Å². The second-order valence-electron chi connectivity index (χ2n) is 4.94. The number of pyridine rings is 1. The first-order valence-corrected chi connectivity index (χ1v) is 9.11. The topological polar surface area (TPSA) is 110 Å². The van der Waals surface area contributed by atoms with Gasteiger partial charge in [-0.25, -0.2) is 10.4 Å². The van der Waals surface area contributed by atoms with Crippen molar-refractivity contribution >= 4 is 50.6 Å². The lowest BCUT2D eigenvalue weighted by atomic mass is 10.1. The third kappa shape index (κ3) is 5.26. The van der Waals surface area contributed by atoms with Gasteiger partial charge in [-0.2, -0.15) is 10.4 Å². The Labute approximate surface area is 171 Å². The Morgan fingerprint density at radius 3 is 2.96 bits per heavy atom. The molecule has 26 heavy (non-hydrogen) atoms. The van der Waals surface area contributed by atoms with Gasteiger partial charge in [-0.3, -0.25) is 4.79 Å². The van der Waals surface area contributed by atoms with Crippen molar-refractivity contribution in [2.75, 3.05) is 13.7 Å². The summed E-state index contributed by atoms with van der Waals surface area (Å²) < 4.78 is 17.2. The van der Waals surface area contributed by atoms with E-state index in [0.29, 0.717) is 25.3 Å². The van der Waals surface area contributed by atoms with Gasteiger partial charge in [0, 0.05) is 17.1 Å². The Balaban J connectivity index is 2.03. The van der Waals surface area contributed by atoms with Crippen LogP contribution in [0.25, 0.3) is 0 Å². The number of methoxy groups -OCH3 is 1. The van der Waals surface area contributed by atoms with Crippen molar-refractivity contribution in [2.45, 2.75) is 13.5 Å². The third-order valence-electron chi connectivity index (χ3n) is 3.08. The number of nitrogens with one attached hydrogen (secondary N) is 1. The van der Waals surface area contributed by atoms with E-state index in [-0.39, 0.29) is 24.7 Å². The lowest BCUT2D eigenvalue weighted by Gasteiger charge is -2.13. The molecule has 1 N–H and O–H groups in total. The normalized spacial score (nSPS) is 10.7. The highest BCUT2D eigenvalue weighted by Gasteiger charge is 2.18. The van der Waals surface area contributed by atoms with Crippen molar-refractivity contribution in [2.24, 2.45) is 5.10 Å². The number of nitrogens with zero attached hydrogens (tertiary/aromatic N) is 3. The van der Waals surface area contributed by atoms with Gasteiger partial charge in [0.2, 0.25) is 5.88 Å². The molecule has 8 nitrogen and oxygen atoms in total. The molecule has 0 aliphatic carbocycles. The Morgan fingerprint density at radius 1 is 1.58 bits per heavy atom. The summed E-state index contributed by atoms with van der Waals surface area (Å²) in [5.74, 6) is 0.0822. The zero-order chi connectivity index (χ0) is 19.1. The van der Waals surface area contributed by atoms with Crippen molar-refractivity contribution in [1.82, 2.24) is 10.4 Å². The number of carbonyl (C=O) groups excluding carboxylic acids is 1. The fourth-order valence-electron chi connectivity index (χ4n) is 1.95. The minimum Gasteiger partial charge on any atom is -0.467 e. The predicted molar refractivity (Wildman–Crippen MR) is 105 cm³/mol. The molecular formula is C16H14BrIN4O4. The molecule has 0 saturated carbocycles. The number of rotatable bonds is 7. The lowest BCUT2D eigenvalue weighted by Crippen LogP contribution is -2.25. The van der Waals surface area contributed by atoms with Gasteiger partial charge in [0.15, 0.2) is 10.4 Å². The van der Waals surface area contributed by atoms with Gasteiger partial charge in [-0.05, 0) is 57.6 Å². The van der Waals surface area contributed by atoms with Gasteiger partial charge in [-0.1, -0.05) is 0 Å². The second kappa shape index (κ2) is 9.65. The summed E-state index contributed by atoms with van der Waals surface area (Å²) in [5, 5.41) is 13.2. The summed E-state index contributed by atoms with van der Waals surface area (Å²) in [6.07, 6.45) is 1.37. The number of hydrazone groups is 1. The Kier molecular flexibility index (Phi) is 7.55. The first-order valence-electron chi connectivity index (χ1n) is 7.24. The molecule has 0 bridgehead atoms. The molecule has 1 amide bonds. The average Bonchev–Trinajstić information content (AvgIpc) is 3.02. The molecule has 10 heteroatoms. The summed E-state index contributed by atoms with van der Waals surface area (Å²) in [6, 6.07) is 5.53. The molecule has 2 aromatic heterocycles. The van der Waals surface area contributed by atoms with Crippen LogP contribution >= 0.6 is 38.5 Å². The van der Waals surface area contributed by atoms with Crippen LogP contribution < -0.4 is 10.2 Å². The SMILES string of the molecule is COCc1c(Br)c(C)nc(OCC(=O)N/N=C\c2ccc(I)o2)c1C#N. The summed E-state index contributed by atoms with van der Waals surface area (Å²) in [7, 11) is 1.52. The number of hydrogen-bond acceptors (Lipinski definition) is 7. The van der Waals surface area contributed by atoms with E-state index in [9.17, 15) is 10.1 Å².